The molecule has 2 rings (SSSR count). The predicted molar refractivity (Wildman–Crippen MR) is 88.9 cm³/mol. The summed E-state index contributed by atoms with van der Waals surface area (Å²) in [6.07, 6.45) is 5.11. The van der Waals surface area contributed by atoms with E-state index in [0.717, 1.165) is 5.56 Å². The highest BCUT2D eigenvalue weighted by Crippen LogP contribution is 2.38. The van der Waals surface area contributed by atoms with Gasteiger partial charge < -0.3 is 20.0 Å². The van der Waals surface area contributed by atoms with Gasteiger partial charge in [0.25, 0.3) is 0 Å². The van der Waals surface area contributed by atoms with E-state index in [4.69, 9.17) is 9.79 Å². The van der Waals surface area contributed by atoms with Gasteiger partial charge in [-0.15, -0.1) is 0 Å². The van der Waals surface area contributed by atoms with Crippen LogP contribution in [0.1, 0.15) is 18.4 Å². The molecule has 1 aromatic carbocycles. The fraction of sp³-hybridized carbons (Fsp3) is 0.250. The second-order valence-electron chi connectivity index (χ2n) is 5.41. The van der Waals surface area contributed by atoms with Crippen LogP contribution in [0.4, 0.5) is 0 Å². The minimum absolute atomic E-state index is 0.103. The van der Waals surface area contributed by atoms with Gasteiger partial charge in [0.2, 0.25) is 0 Å². The van der Waals surface area contributed by atoms with Crippen LogP contribution >= 0.6 is 7.75 Å². The first kappa shape index (κ1) is 18.1. The van der Waals surface area contributed by atoms with E-state index in [-0.39, 0.29) is 29.4 Å². The summed E-state index contributed by atoms with van der Waals surface area (Å²) in [6.45, 7) is 0. The molecule has 0 spiro atoms. The normalized spacial score (nSPS) is 19.3. The third-order valence-corrected chi connectivity index (χ3v) is 3.98. The van der Waals surface area contributed by atoms with Gasteiger partial charge in [0.15, 0.2) is 0 Å². The third-order valence-electron chi connectivity index (χ3n) is 3.49. The molecular formula is C16H18NO6P. The van der Waals surface area contributed by atoms with Gasteiger partial charge in [-0.25, -0.2) is 4.57 Å². The number of carbonyl (C=O) groups excluding carboxylic acids is 1. The van der Waals surface area contributed by atoms with Crippen LogP contribution in [0.3, 0.4) is 0 Å². The highest BCUT2D eigenvalue weighted by Gasteiger charge is 2.30. The number of Topliss-reactive ketones (excluding diaryl/α,β-unsaturated/α-hetero) is 1. The van der Waals surface area contributed by atoms with Crippen LogP contribution < -0.4 is 0 Å². The van der Waals surface area contributed by atoms with Gasteiger partial charge in [0, 0.05) is 6.42 Å². The molecule has 7 nitrogen and oxygen atoms in total. The summed E-state index contributed by atoms with van der Waals surface area (Å²) in [5.74, 6) is -1.67. The van der Waals surface area contributed by atoms with E-state index in [1.54, 1.807) is 18.2 Å². The van der Waals surface area contributed by atoms with Crippen LogP contribution in [0.5, 0.6) is 5.75 Å². The first-order valence-electron chi connectivity index (χ1n) is 7.30. The molecule has 24 heavy (non-hydrogen) atoms. The zero-order valence-corrected chi connectivity index (χ0v) is 13.6. The Bertz CT molecular complexity index is 762. The highest BCUT2D eigenvalue weighted by molar-refractivity contribution is 7.50. The second kappa shape index (κ2) is 7.57. The van der Waals surface area contributed by atoms with Gasteiger partial charge >= 0.3 is 7.75 Å². The first-order chi connectivity index (χ1) is 11.3. The van der Waals surface area contributed by atoms with Crippen LogP contribution in [0.15, 0.2) is 53.0 Å². The molecule has 1 unspecified atom stereocenters. The average Bonchev–Trinajstić information content (AvgIpc) is 2.45. The van der Waals surface area contributed by atoms with Gasteiger partial charge in [-0.1, -0.05) is 18.2 Å². The third kappa shape index (κ3) is 5.16. The molecule has 0 saturated heterocycles. The van der Waals surface area contributed by atoms with Gasteiger partial charge in [-0.05, 0) is 42.7 Å². The molecule has 0 saturated carbocycles. The number of aliphatic hydroxyl groups excluding tert-OH is 1. The second-order valence-corrected chi connectivity index (χ2v) is 6.64. The summed E-state index contributed by atoms with van der Waals surface area (Å²) in [6, 6.07) is 6.69. The average molecular weight is 351 g/mol. The monoisotopic (exact) mass is 351 g/mol. The van der Waals surface area contributed by atoms with Crippen LogP contribution in [0.2, 0.25) is 0 Å². The number of phenolic OH excluding ortho intramolecular Hbond substituents is 1. The van der Waals surface area contributed by atoms with E-state index in [0.29, 0.717) is 12.8 Å². The minimum Gasteiger partial charge on any atom is -0.511 e. The predicted octanol–water partition coefficient (Wildman–Crippen LogP) is 2.45. The Balaban J connectivity index is 2.04. The summed E-state index contributed by atoms with van der Waals surface area (Å²) < 4.78 is 14.3. The Kier molecular flexibility index (Phi) is 5.72. The molecule has 128 valence electrons. The number of nitrogens with zero attached hydrogens (tertiary/aromatic N) is 1. The maximum atomic E-state index is 12.3. The minimum atomic E-state index is -4.70. The number of allylic oxidation sites excluding steroid dienone is 4. The molecule has 0 bridgehead atoms. The van der Waals surface area contributed by atoms with E-state index in [2.05, 4.69) is 4.76 Å². The van der Waals surface area contributed by atoms with E-state index in [9.17, 15) is 19.6 Å². The SMILES string of the molecule is O=C(CCCc1cccc(O)c1)C1C(O)=CC=C/C1=N\P(=O)(O)O. The van der Waals surface area contributed by atoms with Crippen LogP contribution in [0, 0.1) is 5.92 Å². The van der Waals surface area contributed by atoms with Crippen molar-refractivity contribution in [2.75, 3.05) is 0 Å². The maximum absolute atomic E-state index is 12.3. The molecule has 0 heterocycles. The number of hydrogen-bond acceptors (Lipinski definition) is 4. The molecule has 0 aliphatic heterocycles. The summed E-state index contributed by atoms with van der Waals surface area (Å²) in [5.41, 5.74) is 0.723. The number of rotatable bonds is 6. The summed E-state index contributed by atoms with van der Waals surface area (Å²) >= 11 is 0. The molecule has 4 N–H and O–H groups in total. The number of aryl methyl sites for hydroxylation is 1. The fourth-order valence-corrected chi connectivity index (χ4v) is 2.97. The van der Waals surface area contributed by atoms with Crippen molar-refractivity contribution >= 4 is 19.2 Å². The zero-order valence-electron chi connectivity index (χ0n) is 12.7. The molecule has 0 fully saturated rings. The lowest BCUT2D eigenvalue weighted by Gasteiger charge is -2.18. The molecule has 0 amide bonds. The number of aliphatic hydroxyl groups is 1. The van der Waals surface area contributed by atoms with E-state index in [1.165, 1.54) is 18.2 Å². The van der Waals surface area contributed by atoms with Gasteiger partial charge in [-0.3, -0.25) is 4.79 Å². The topological polar surface area (TPSA) is 127 Å². The first-order valence-corrected chi connectivity index (χ1v) is 8.86. The van der Waals surface area contributed by atoms with Crippen molar-refractivity contribution in [2.45, 2.75) is 19.3 Å². The van der Waals surface area contributed by atoms with Crippen molar-refractivity contribution in [3.8, 4) is 5.75 Å². The smallest absolute Gasteiger partial charge is 0.448 e. The van der Waals surface area contributed by atoms with Crippen molar-refractivity contribution in [2.24, 2.45) is 10.7 Å². The van der Waals surface area contributed by atoms with E-state index in [1.807, 2.05) is 6.07 Å². The van der Waals surface area contributed by atoms with Crippen LogP contribution in [-0.2, 0) is 15.8 Å². The van der Waals surface area contributed by atoms with Gasteiger partial charge in [0.1, 0.15) is 23.2 Å². The zero-order chi connectivity index (χ0) is 17.7. The van der Waals surface area contributed by atoms with Crippen molar-refractivity contribution in [3.05, 3.63) is 53.8 Å². The molecule has 1 aliphatic carbocycles. The lowest BCUT2D eigenvalue weighted by Crippen LogP contribution is -2.26. The summed E-state index contributed by atoms with van der Waals surface area (Å²) in [7, 11) is -4.70. The lowest BCUT2D eigenvalue weighted by atomic mass is 9.89. The van der Waals surface area contributed by atoms with Crippen molar-refractivity contribution in [3.63, 3.8) is 0 Å². The van der Waals surface area contributed by atoms with Crippen molar-refractivity contribution in [1.82, 2.24) is 0 Å². The molecule has 8 heteroatoms. The quantitative estimate of drug-likeness (QED) is 0.583. The number of hydrogen-bond donors (Lipinski definition) is 4. The molecule has 1 atom stereocenters. The Hall–Kier alpha value is -2.21. The lowest BCUT2D eigenvalue weighted by molar-refractivity contribution is -0.120. The number of phenols is 1. The molecule has 0 aromatic heterocycles. The molecule has 1 aliphatic rings. The standard InChI is InChI=1S/C16H18NO6P/c18-12-6-1-4-11(10-12)5-2-8-14(19)16-13(17-24(21,22)23)7-3-9-15(16)20/h1,3-4,6-7,9-10,16,18,20H,2,5,8H2,(H2,21,22,23)/b17-13+. The molecular weight excluding hydrogens is 333 g/mol. The Morgan fingerprint density at radius 2 is 2.00 bits per heavy atom. The van der Waals surface area contributed by atoms with Gasteiger partial charge in [0.05, 0.1) is 5.71 Å². The van der Waals surface area contributed by atoms with E-state index >= 15 is 0 Å². The Morgan fingerprint density at radius 1 is 1.25 bits per heavy atom. The largest absolute Gasteiger partial charge is 0.511 e. The van der Waals surface area contributed by atoms with E-state index < -0.39 is 13.7 Å². The summed E-state index contributed by atoms with van der Waals surface area (Å²) in [4.78, 5) is 30.3. The number of benzene rings is 1. The highest BCUT2D eigenvalue weighted by atomic mass is 31.2. The maximum Gasteiger partial charge on any atom is 0.448 e. The number of aromatic hydroxyl groups is 1. The van der Waals surface area contributed by atoms with Crippen molar-refractivity contribution in [1.29, 1.82) is 0 Å². The molecule has 0 radical (unpaired) electrons. The van der Waals surface area contributed by atoms with Crippen LogP contribution in [0.25, 0.3) is 0 Å². The molecule has 1 aromatic rings. The van der Waals surface area contributed by atoms with Gasteiger partial charge in [-0.2, -0.15) is 4.76 Å². The summed E-state index contributed by atoms with van der Waals surface area (Å²) in [5, 5.41) is 19.3. The van der Waals surface area contributed by atoms with Crippen molar-refractivity contribution < 1.29 is 29.4 Å². The van der Waals surface area contributed by atoms with Crippen LogP contribution in [-0.4, -0.2) is 31.5 Å². The fourth-order valence-electron chi connectivity index (χ4n) is 2.48. The number of ketones is 1. The number of carbonyl (C=O) groups is 1. The Morgan fingerprint density at radius 3 is 2.67 bits per heavy atom. The Labute approximate surface area is 138 Å².